The molecule has 0 aromatic carbocycles. The lowest BCUT2D eigenvalue weighted by Crippen LogP contribution is -2.44. The van der Waals surface area contributed by atoms with E-state index in [4.69, 9.17) is 0 Å². The van der Waals surface area contributed by atoms with Crippen LogP contribution in [0.4, 0.5) is 0 Å². The van der Waals surface area contributed by atoms with E-state index in [0.717, 1.165) is 43.7 Å². The molecule has 0 radical (unpaired) electrons. The molecule has 1 aromatic rings. The molecule has 1 amide bonds. The first-order valence-corrected chi connectivity index (χ1v) is 6.64. The van der Waals surface area contributed by atoms with Crippen molar-refractivity contribution >= 4 is 5.91 Å². The number of piperidine rings is 1. The van der Waals surface area contributed by atoms with E-state index in [9.17, 15) is 4.79 Å². The molecule has 1 aliphatic rings. The fourth-order valence-corrected chi connectivity index (χ4v) is 2.45. The predicted molar refractivity (Wildman–Crippen MR) is 70.5 cm³/mol. The Labute approximate surface area is 108 Å². The largest absolute Gasteiger partial charge is 0.338 e. The van der Waals surface area contributed by atoms with E-state index in [1.807, 2.05) is 18.9 Å². The number of nitrogens with zero attached hydrogens (tertiary/aromatic N) is 3. The maximum Gasteiger partial charge on any atom is 0.257 e. The average Bonchev–Trinajstić information content (AvgIpc) is 2.71. The first-order chi connectivity index (χ1) is 8.63. The fourth-order valence-electron chi connectivity index (χ4n) is 2.45. The topological polar surface area (TPSA) is 50.2 Å². The molecule has 100 valence electrons. The molecule has 5 nitrogen and oxygen atoms in total. The van der Waals surface area contributed by atoms with Crippen LogP contribution >= 0.6 is 0 Å². The SMILES string of the molecule is CCNC1CCN(C(=O)c2cnn(C)c2C)CC1. The van der Waals surface area contributed by atoms with Gasteiger partial charge in [-0.05, 0) is 26.3 Å². The van der Waals surface area contributed by atoms with Crippen molar-refractivity contribution in [3.8, 4) is 0 Å². The van der Waals surface area contributed by atoms with Gasteiger partial charge in [-0.1, -0.05) is 6.92 Å². The van der Waals surface area contributed by atoms with Gasteiger partial charge in [-0.3, -0.25) is 9.48 Å². The molecule has 18 heavy (non-hydrogen) atoms. The van der Waals surface area contributed by atoms with E-state index in [1.54, 1.807) is 10.9 Å². The zero-order valence-electron chi connectivity index (χ0n) is 11.4. The molecule has 0 unspecified atom stereocenters. The highest BCUT2D eigenvalue weighted by Crippen LogP contribution is 2.15. The summed E-state index contributed by atoms with van der Waals surface area (Å²) in [4.78, 5) is 14.3. The predicted octanol–water partition coefficient (Wildman–Crippen LogP) is 0.943. The molecule has 1 aromatic heterocycles. The van der Waals surface area contributed by atoms with Crippen LogP contribution in [-0.2, 0) is 7.05 Å². The Balaban J connectivity index is 1.97. The van der Waals surface area contributed by atoms with Gasteiger partial charge in [0.1, 0.15) is 0 Å². The Hall–Kier alpha value is -1.36. The van der Waals surface area contributed by atoms with E-state index in [-0.39, 0.29) is 5.91 Å². The number of likely N-dealkylation sites (tertiary alicyclic amines) is 1. The summed E-state index contributed by atoms with van der Waals surface area (Å²) in [7, 11) is 1.86. The molecule has 0 saturated carbocycles. The van der Waals surface area contributed by atoms with Crippen molar-refractivity contribution in [2.75, 3.05) is 19.6 Å². The smallest absolute Gasteiger partial charge is 0.257 e. The Morgan fingerprint density at radius 3 is 2.67 bits per heavy atom. The molecule has 5 heteroatoms. The van der Waals surface area contributed by atoms with Crippen LogP contribution in [0.25, 0.3) is 0 Å². The number of carbonyl (C=O) groups is 1. The van der Waals surface area contributed by atoms with Gasteiger partial charge in [-0.25, -0.2) is 0 Å². The van der Waals surface area contributed by atoms with Crippen LogP contribution in [0, 0.1) is 6.92 Å². The maximum atomic E-state index is 12.4. The lowest BCUT2D eigenvalue weighted by molar-refractivity contribution is 0.0705. The number of nitrogens with one attached hydrogen (secondary N) is 1. The van der Waals surface area contributed by atoms with Crippen LogP contribution in [0.1, 0.15) is 35.8 Å². The normalized spacial score (nSPS) is 17.2. The molecule has 1 fully saturated rings. The highest BCUT2D eigenvalue weighted by atomic mass is 16.2. The number of hydrogen-bond acceptors (Lipinski definition) is 3. The molecule has 1 saturated heterocycles. The van der Waals surface area contributed by atoms with Gasteiger partial charge in [0.25, 0.3) is 5.91 Å². The monoisotopic (exact) mass is 250 g/mol. The maximum absolute atomic E-state index is 12.4. The van der Waals surface area contributed by atoms with Gasteiger partial charge in [-0.2, -0.15) is 5.10 Å². The summed E-state index contributed by atoms with van der Waals surface area (Å²) >= 11 is 0. The van der Waals surface area contributed by atoms with Gasteiger partial charge < -0.3 is 10.2 Å². The molecule has 0 aliphatic carbocycles. The summed E-state index contributed by atoms with van der Waals surface area (Å²) in [5.74, 6) is 0.121. The third kappa shape index (κ3) is 2.56. The second-order valence-electron chi connectivity index (χ2n) is 4.89. The van der Waals surface area contributed by atoms with Gasteiger partial charge in [-0.15, -0.1) is 0 Å². The average molecular weight is 250 g/mol. The summed E-state index contributed by atoms with van der Waals surface area (Å²) in [6, 6.07) is 0.564. The minimum Gasteiger partial charge on any atom is -0.338 e. The zero-order valence-corrected chi connectivity index (χ0v) is 11.4. The Morgan fingerprint density at radius 2 is 2.17 bits per heavy atom. The van der Waals surface area contributed by atoms with Crippen molar-refractivity contribution < 1.29 is 4.79 Å². The first-order valence-electron chi connectivity index (χ1n) is 6.64. The highest BCUT2D eigenvalue weighted by molar-refractivity contribution is 5.95. The van der Waals surface area contributed by atoms with Crippen molar-refractivity contribution in [3.05, 3.63) is 17.5 Å². The number of carbonyl (C=O) groups excluding carboxylic acids is 1. The molecule has 0 atom stereocenters. The van der Waals surface area contributed by atoms with Crippen LogP contribution in [0.3, 0.4) is 0 Å². The summed E-state index contributed by atoms with van der Waals surface area (Å²) in [5.41, 5.74) is 1.67. The second kappa shape index (κ2) is 5.52. The van der Waals surface area contributed by atoms with Crippen LogP contribution in [-0.4, -0.2) is 46.3 Å². The molecule has 1 aliphatic heterocycles. The second-order valence-corrected chi connectivity index (χ2v) is 4.89. The van der Waals surface area contributed by atoms with Gasteiger partial charge in [0.2, 0.25) is 0 Å². The lowest BCUT2D eigenvalue weighted by atomic mass is 10.0. The van der Waals surface area contributed by atoms with Crippen LogP contribution < -0.4 is 5.32 Å². The summed E-state index contributed by atoms with van der Waals surface area (Å²) in [6.45, 7) is 6.73. The van der Waals surface area contributed by atoms with E-state index in [1.165, 1.54) is 0 Å². The summed E-state index contributed by atoms with van der Waals surface area (Å²) < 4.78 is 1.75. The van der Waals surface area contributed by atoms with E-state index in [2.05, 4.69) is 17.3 Å². The van der Waals surface area contributed by atoms with Crippen molar-refractivity contribution in [2.45, 2.75) is 32.7 Å². The van der Waals surface area contributed by atoms with Gasteiger partial charge >= 0.3 is 0 Å². The minimum atomic E-state index is 0.121. The van der Waals surface area contributed by atoms with Crippen molar-refractivity contribution in [3.63, 3.8) is 0 Å². The van der Waals surface area contributed by atoms with Gasteiger partial charge in [0.15, 0.2) is 0 Å². The van der Waals surface area contributed by atoms with E-state index in [0.29, 0.717) is 6.04 Å². The third-order valence-electron chi connectivity index (χ3n) is 3.74. The van der Waals surface area contributed by atoms with Gasteiger partial charge in [0, 0.05) is 31.9 Å². The zero-order chi connectivity index (χ0) is 13.1. The first kappa shape index (κ1) is 13.1. The molecule has 1 N–H and O–H groups in total. The lowest BCUT2D eigenvalue weighted by Gasteiger charge is -2.32. The molecule has 0 bridgehead atoms. The third-order valence-corrected chi connectivity index (χ3v) is 3.74. The summed E-state index contributed by atoms with van der Waals surface area (Å²) in [5, 5.41) is 7.58. The molecule has 2 heterocycles. The number of amides is 1. The Kier molecular flexibility index (Phi) is 4.01. The van der Waals surface area contributed by atoms with Crippen LogP contribution in [0.5, 0.6) is 0 Å². The van der Waals surface area contributed by atoms with Crippen LogP contribution in [0.2, 0.25) is 0 Å². The Bertz CT molecular complexity index is 419. The molecular weight excluding hydrogens is 228 g/mol. The van der Waals surface area contributed by atoms with Crippen molar-refractivity contribution in [2.24, 2.45) is 7.05 Å². The van der Waals surface area contributed by atoms with Gasteiger partial charge in [0.05, 0.1) is 11.8 Å². The Morgan fingerprint density at radius 1 is 1.50 bits per heavy atom. The number of aryl methyl sites for hydroxylation is 1. The minimum absolute atomic E-state index is 0.121. The number of rotatable bonds is 3. The summed E-state index contributed by atoms with van der Waals surface area (Å²) in [6.07, 6.45) is 3.76. The van der Waals surface area contributed by atoms with E-state index >= 15 is 0 Å². The number of aromatic nitrogens is 2. The van der Waals surface area contributed by atoms with Crippen molar-refractivity contribution in [1.29, 1.82) is 0 Å². The molecule has 2 rings (SSSR count). The molecular formula is C13H22N4O. The van der Waals surface area contributed by atoms with Crippen LogP contribution in [0.15, 0.2) is 6.20 Å². The quantitative estimate of drug-likeness (QED) is 0.868. The molecule has 0 spiro atoms. The fraction of sp³-hybridized carbons (Fsp3) is 0.692. The number of hydrogen-bond donors (Lipinski definition) is 1. The standard InChI is InChI=1S/C13H22N4O/c1-4-14-11-5-7-17(8-6-11)13(18)12-9-15-16(3)10(12)2/h9,11,14H,4-8H2,1-3H3. The van der Waals surface area contributed by atoms with Crippen molar-refractivity contribution in [1.82, 2.24) is 20.0 Å². The van der Waals surface area contributed by atoms with E-state index < -0.39 is 0 Å². The highest BCUT2D eigenvalue weighted by Gasteiger charge is 2.25.